The van der Waals surface area contributed by atoms with Crippen LogP contribution in [0.5, 0.6) is 0 Å². The minimum absolute atomic E-state index is 0. The van der Waals surface area contributed by atoms with Crippen LogP contribution in [0.15, 0.2) is 29.2 Å². The van der Waals surface area contributed by atoms with Gasteiger partial charge in [0, 0.05) is 25.2 Å². The van der Waals surface area contributed by atoms with Crippen LogP contribution in [0.25, 0.3) is 0 Å². The Bertz CT molecular complexity index is 608. The molecule has 2 rings (SSSR count). The molecule has 118 valence electrons. The molecule has 1 heterocycles. The number of rotatable bonds is 5. The third-order valence-electron chi connectivity index (χ3n) is 3.41. The van der Waals surface area contributed by atoms with Gasteiger partial charge in [0.05, 0.1) is 9.82 Å². The van der Waals surface area contributed by atoms with Gasteiger partial charge in [-0.3, -0.25) is 10.1 Å². The SMILES string of the molecule is CNCC1CCN(S(=O)(=O)c2cccc([N+](=O)[O-])c2)C1.Cl. The number of nitro groups is 1. The van der Waals surface area contributed by atoms with Crippen molar-refractivity contribution in [3.8, 4) is 0 Å². The molecule has 0 radical (unpaired) electrons. The molecular weight excluding hydrogens is 318 g/mol. The third kappa shape index (κ3) is 3.91. The Morgan fingerprint density at radius 3 is 2.81 bits per heavy atom. The Kier molecular flexibility index (Phi) is 6.09. The molecule has 0 saturated carbocycles. The smallest absolute Gasteiger partial charge is 0.270 e. The summed E-state index contributed by atoms with van der Waals surface area (Å²) in [5.41, 5.74) is -0.211. The Morgan fingerprint density at radius 1 is 1.48 bits per heavy atom. The summed E-state index contributed by atoms with van der Waals surface area (Å²) in [5, 5.41) is 13.8. The fourth-order valence-electron chi connectivity index (χ4n) is 2.38. The zero-order chi connectivity index (χ0) is 14.8. The first-order valence-electron chi connectivity index (χ1n) is 6.34. The highest BCUT2D eigenvalue weighted by Crippen LogP contribution is 2.26. The fraction of sp³-hybridized carbons (Fsp3) is 0.500. The summed E-state index contributed by atoms with van der Waals surface area (Å²) in [6.07, 6.45) is 0.801. The molecule has 0 aliphatic carbocycles. The lowest BCUT2D eigenvalue weighted by molar-refractivity contribution is -0.385. The zero-order valence-corrected chi connectivity index (χ0v) is 13.2. The maximum Gasteiger partial charge on any atom is 0.270 e. The summed E-state index contributed by atoms with van der Waals surface area (Å²) < 4.78 is 26.3. The normalized spacial score (nSPS) is 19.2. The van der Waals surface area contributed by atoms with E-state index < -0.39 is 14.9 Å². The third-order valence-corrected chi connectivity index (χ3v) is 5.27. The van der Waals surface area contributed by atoms with Crippen molar-refractivity contribution in [2.45, 2.75) is 11.3 Å². The van der Waals surface area contributed by atoms with Crippen LogP contribution in [-0.4, -0.2) is 44.3 Å². The highest BCUT2D eigenvalue weighted by atomic mass is 35.5. The molecule has 0 amide bonds. The van der Waals surface area contributed by atoms with Gasteiger partial charge >= 0.3 is 0 Å². The van der Waals surface area contributed by atoms with Crippen molar-refractivity contribution < 1.29 is 13.3 Å². The lowest BCUT2D eigenvalue weighted by Gasteiger charge is -2.16. The van der Waals surface area contributed by atoms with Crippen LogP contribution in [-0.2, 0) is 10.0 Å². The van der Waals surface area contributed by atoms with E-state index >= 15 is 0 Å². The number of nitro benzene ring substituents is 1. The van der Waals surface area contributed by atoms with Gasteiger partial charge in [-0.1, -0.05) is 6.07 Å². The molecule has 9 heteroatoms. The summed E-state index contributed by atoms with van der Waals surface area (Å²) >= 11 is 0. The van der Waals surface area contributed by atoms with Crippen LogP contribution in [0, 0.1) is 16.0 Å². The molecule has 1 aliphatic heterocycles. The summed E-state index contributed by atoms with van der Waals surface area (Å²) in [6, 6.07) is 5.19. The predicted octanol–water partition coefficient (Wildman–Crippen LogP) is 1.25. The lowest BCUT2D eigenvalue weighted by atomic mass is 10.1. The number of halogens is 1. The van der Waals surface area contributed by atoms with Gasteiger partial charge in [-0.15, -0.1) is 12.4 Å². The second-order valence-corrected chi connectivity index (χ2v) is 6.77. The first kappa shape index (κ1) is 17.8. The molecule has 0 bridgehead atoms. The molecule has 1 saturated heterocycles. The van der Waals surface area contributed by atoms with E-state index in [-0.39, 0.29) is 28.9 Å². The van der Waals surface area contributed by atoms with Crippen molar-refractivity contribution in [3.05, 3.63) is 34.4 Å². The largest absolute Gasteiger partial charge is 0.319 e. The van der Waals surface area contributed by atoms with E-state index in [1.54, 1.807) is 0 Å². The van der Waals surface area contributed by atoms with Crippen LogP contribution in [0.3, 0.4) is 0 Å². The second-order valence-electron chi connectivity index (χ2n) is 4.83. The summed E-state index contributed by atoms with van der Waals surface area (Å²) in [7, 11) is -1.81. The zero-order valence-electron chi connectivity index (χ0n) is 11.6. The molecule has 0 spiro atoms. The van der Waals surface area contributed by atoms with Crippen molar-refractivity contribution in [1.82, 2.24) is 9.62 Å². The first-order chi connectivity index (χ1) is 9.45. The average molecular weight is 336 g/mol. The maximum absolute atomic E-state index is 12.4. The Hall–Kier alpha value is -1.22. The highest BCUT2D eigenvalue weighted by molar-refractivity contribution is 7.89. The van der Waals surface area contributed by atoms with Crippen LogP contribution in [0.4, 0.5) is 5.69 Å². The Balaban J connectivity index is 0.00000220. The van der Waals surface area contributed by atoms with E-state index in [4.69, 9.17) is 0 Å². The molecule has 1 atom stereocenters. The molecule has 0 aromatic heterocycles. The van der Waals surface area contributed by atoms with Crippen LogP contribution in [0.2, 0.25) is 0 Å². The standard InChI is InChI=1S/C12H17N3O4S.ClH/c1-13-8-10-5-6-14(9-10)20(18,19)12-4-2-3-11(7-12)15(16)17;/h2-4,7,10,13H,5-6,8-9H2,1H3;1H. The summed E-state index contributed by atoms with van der Waals surface area (Å²) in [4.78, 5) is 10.1. The molecule has 1 aromatic rings. The lowest BCUT2D eigenvalue weighted by Crippen LogP contribution is -2.30. The van der Waals surface area contributed by atoms with E-state index in [0.717, 1.165) is 19.0 Å². The molecular formula is C12H18ClN3O4S. The highest BCUT2D eigenvalue weighted by Gasteiger charge is 2.32. The fourth-order valence-corrected chi connectivity index (χ4v) is 3.95. The number of hydrogen-bond donors (Lipinski definition) is 1. The Labute approximate surface area is 129 Å². The van der Waals surface area contributed by atoms with Gasteiger partial charge in [0.25, 0.3) is 5.69 Å². The van der Waals surface area contributed by atoms with Crippen LogP contribution in [0.1, 0.15) is 6.42 Å². The van der Waals surface area contributed by atoms with E-state index in [1.807, 2.05) is 7.05 Å². The van der Waals surface area contributed by atoms with Gasteiger partial charge in [0.1, 0.15) is 0 Å². The van der Waals surface area contributed by atoms with Crippen molar-refractivity contribution >= 4 is 28.1 Å². The van der Waals surface area contributed by atoms with Crippen molar-refractivity contribution in [1.29, 1.82) is 0 Å². The molecule has 1 fully saturated rings. The average Bonchev–Trinajstić information content (AvgIpc) is 2.88. The van der Waals surface area contributed by atoms with Crippen LogP contribution < -0.4 is 5.32 Å². The molecule has 1 aromatic carbocycles. The Morgan fingerprint density at radius 2 is 2.19 bits per heavy atom. The number of hydrogen-bond acceptors (Lipinski definition) is 5. The quantitative estimate of drug-likeness (QED) is 0.645. The van der Waals surface area contributed by atoms with Gasteiger partial charge in [-0.05, 0) is 32.0 Å². The number of benzene rings is 1. The van der Waals surface area contributed by atoms with Crippen LogP contribution >= 0.6 is 12.4 Å². The number of nitrogens with one attached hydrogen (secondary N) is 1. The van der Waals surface area contributed by atoms with E-state index in [2.05, 4.69) is 5.32 Å². The minimum atomic E-state index is -3.64. The summed E-state index contributed by atoms with van der Waals surface area (Å²) in [5.74, 6) is 0.286. The molecule has 7 nitrogen and oxygen atoms in total. The molecule has 1 aliphatic rings. The maximum atomic E-state index is 12.4. The van der Waals surface area contributed by atoms with Gasteiger partial charge in [0.15, 0.2) is 0 Å². The van der Waals surface area contributed by atoms with E-state index in [1.165, 1.54) is 22.5 Å². The topological polar surface area (TPSA) is 92.6 Å². The van der Waals surface area contributed by atoms with Gasteiger partial charge in [-0.2, -0.15) is 4.31 Å². The predicted molar refractivity (Wildman–Crippen MR) is 81.1 cm³/mol. The number of nitrogens with zero attached hydrogens (tertiary/aromatic N) is 2. The number of sulfonamides is 1. The minimum Gasteiger partial charge on any atom is -0.319 e. The van der Waals surface area contributed by atoms with Gasteiger partial charge in [-0.25, -0.2) is 8.42 Å². The monoisotopic (exact) mass is 335 g/mol. The van der Waals surface area contributed by atoms with E-state index in [0.29, 0.717) is 13.1 Å². The van der Waals surface area contributed by atoms with Gasteiger partial charge < -0.3 is 5.32 Å². The van der Waals surface area contributed by atoms with E-state index in [9.17, 15) is 18.5 Å². The second kappa shape index (κ2) is 7.17. The molecule has 1 unspecified atom stereocenters. The molecule has 21 heavy (non-hydrogen) atoms. The van der Waals surface area contributed by atoms with Crippen molar-refractivity contribution in [2.75, 3.05) is 26.7 Å². The number of non-ortho nitro benzene ring substituents is 1. The summed E-state index contributed by atoms with van der Waals surface area (Å²) in [6.45, 7) is 1.67. The molecule has 1 N–H and O–H groups in total. The van der Waals surface area contributed by atoms with Crippen molar-refractivity contribution in [2.24, 2.45) is 5.92 Å². The first-order valence-corrected chi connectivity index (χ1v) is 7.78. The van der Waals surface area contributed by atoms with Gasteiger partial charge in [0.2, 0.25) is 10.0 Å². The van der Waals surface area contributed by atoms with Crippen molar-refractivity contribution in [3.63, 3.8) is 0 Å².